The molecule has 0 aliphatic heterocycles. The third kappa shape index (κ3) is 2.04. The van der Waals surface area contributed by atoms with Crippen molar-refractivity contribution in [2.24, 2.45) is 0 Å². The van der Waals surface area contributed by atoms with Gasteiger partial charge in [0.25, 0.3) is 0 Å². The van der Waals surface area contributed by atoms with E-state index < -0.39 is 0 Å². The van der Waals surface area contributed by atoms with Gasteiger partial charge in [-0.3, -0.25) is 0 Å². The van der Waals surface area contributed by atoms with Crippen molar-refractivity contribution in [3.05, 3.63) is 39.2 Å². The lowest BCUT2D eigenvalue weighted by Crippen LogP contribution is -1.98. The predicted octanol–water partition coefficient (Wildman–Crippen LogP) is 5.45. The van der Waals surface area contributed by atoms with E-state index in [2.05, 4.69) is 20.9 Å². The Hall–Kier alpha value is -0.670. The summed E-state index contributed by atoms with van der Waals surface area (Å²) < 4.78 is 14.7. The van der Waals surface area contributed by atoms with E-state index in [0.717, 1.165) is 23.0 Å². The van der Waals surface area contributed by atoms with Gasteiger partial charge in [-0.05, 0) is 31.0 Å². The van der Waals surface area contributed by atoms with E-state index in [0.29, 0.717) is 21.8 Å². The first-order valence-electron chi connectivity index (χ1n) is 6.11. The molecule has 0 saturated heterocycles. The van der Waals surface area contributed by atoms with Crippen LogP contribution in [-0.4, -0.2) is 4.98 Å². The second kappa shape index (κ2) is 4.78. The monoisotopic (exact) mass is 327 g/mol. The summed E-state index contributed by atoms with van der Waals surface area (Å²) in [6.07, 6.45) is 4.71. The molecule has 1 heterocycles. The maximum absolute atomic E-state index is 13.9. The van der Waals surface area contributed by atoms with Crippen LogP contribution in [0.3, 0.4) is 0 Å². The second-order valence-electron chi connectivity index (χ2n) is 4.76. The molecular weight excluding hydrogens is 317 g/mol. The highest BCUT2D eigenvalue weighted by Gasteiger charge is 2.21. The van der Waals surface area contributed by atoms with Gasteiger partial charge in [0, 0.05) is 21.5 Å². The van der Waals surface area contributed by atoms with Gasteiger partial charge in [0.2, 0.25) is 0 Å². The van der Waals surface area contributed by atoms with Crippen molar-refractivity contribution in [2.75, 3.05) is 0 Å². The number of pyridine rings is 1. The van der Waals surface area contributed by atoms with Crippen LogP contribution in [0, 0.1) is 5.82 Å². The first-order valence-corrected chi connectivity index (χ1v) is 7.28. The minimum atomic E-state index is -0.310. The molecule has 1 aliphatic rings. The molecule has 1 nitrogen and oxygen atoms in total. The van der Waals surface area contributed by atoms with E-state index in [1.165, 1.54) is 18.9 Å². The highest BCUT2D eigenvalue weighted by atomic mass is 79.9. The highest BCUT2D eigenvalue weighted by molar-refractivity contribution is 9.10. The third-order valence-electron chi connectivity index (χ3n) is 3.61. The molecule has 0 atom stereocenters. The lowest BCUT2D eigenvalue weighted by atomic mass is 10.0. The summed E-state index contributed by atoms with van der Waals surface area (Å²) >= 11 is 9.68. The molecule has 94 valence electrons. The van der Waals surface area contributed by atoms with Crippen molar-refractivity contribution < 1.29 is 4.39 Å². The van der Waals surface area contributed by atoms with Crippen molar-refractivity contribution in [3.8, 4) is 0 Å². The molecule has 18 heavy (non-hydrogen) atoms. The molecule has 1 fully saturated rings. The summed E-state index contributed by atoms with van der Waals surface area (Å²) in [4.78, 5) is 4.49. The van der Waals surface area contributed by atoms with Crippen molar-refractivity contribution in [1.29, 1.82) is 0 Å². The molecule has 3 rings (SSSR count). The van der Waals surface area contributed by atoms with E-state index >= 15 is 0 Å². The fourth-order valence-electron chi connectivity index (χ4n) is 2.67. The Balaban J connectivity index is 2.23. The zero-order chi connectivity index (χ0) is 12.7. The molecule has 0 N–H and O–H groups in total. The van der Waals surface area contributed by atoms with E-state index in [1.54, 1.807) is 6.07 Å². The van der Waals surface area contributed by atoms with E-state index in [1.807, 2.05) is 6.07 Å². The first-order chi connectivity index (χ1) is 8.66. The maximum atomic E-state index is 13.9. The SMILES string of the molecule is Fc1ccc(Br)c2c(Cl)cc(C3CCCC3)nc12. The van der Waals surface area contributed by atoms with Crippen molar-refractivity contribution in [3.63, 3.8) is 0 Å². The van der Waals surface area contributed by atoms with Crippen molar-refractivity contribution >= 4 is 38.4 Å². The van der Waals surface area contributed by atoms with E-state index in [4.69, 9.17) is 11.6 Å². The summed E-state index contributed by atoms with van der Waals surface area (Å²) in [6.45, 7) is 0. The van der Waals surface area contributed by atoms with Crippen LogP contribution in [-0.2, 0) is 0 Å². The van der Waals surface area contributed by atoms with Crippen LogP contribution in [0.2, 0.25) is 5.02 Å². The molecule has 0 bridgehead atoms. The van der Waals surface area contributed by atoms with Crippen LogP contribution in [0.25, 0.3) is 10.9 Å². The number of aromatic nitrogens is 1. The van der Waals surface area contributed by atoms with Gasteiger partial charge in [0.15, 0.2) is 0 Å². The molecule has 0 amide bonds. The summed E-state index contributed by atoms with van der Waals surface area (Å²) in [5, 5.41) is 1.24. The van der Waals surface area contributed by atoms with Crippen LogP contribution in [0.1, 0.15) is 37.3 Å². The lowest BCUT2D eigenvalue weighted by molar-refractivity contribution is 0.633. The van der Waals surface area contributed by atoms with Crippen LogP contribution in [0.5, 0.6) is 0 Å². The molecule has 1 aromatic heterocycles. The molecule has 1 aliphatic carbocycles. The van der Waals surface area contributed by atoms with Gasteiger partial charge in [-0.25, -0.2) is 9.37 Å². The van der Waals surface area contributed by atoms with Gasteiger partial charge >= 0.3 is 0 Å². The largest absolute Gasteiger partial charge is 0.249 e. The van der Waals surface area contributed by atoms with Gasteiger partial charge in [-0.15, -0.1) is 0 Å². The number of halogens is 3. The van der Waals surface area contributed by atoms with Gasteiger partial charge in [-0.1, -0.05) is 40.4 Å². The van der Waals surface area contributed by atoms with Gasteiger partial charge in [0.05, 0.1) is 5.02 Å². The quantitative estimate of drug-likeness (QED) is 0.678. The van der Waals surface area contributed by atoms with Gasteiger partial charge in [0.1, 0.15) is 11.3 Å². The summed E-state index contributed by atoms with van der Waals surface area (Å²) in [7, 11) is 0. The molecule has 0 unspecified atom stereocenters. The first kappa shape index (κ1) is 12.4. The standard InChI is InChI=1S/C14H12BrClFN/c15-9-5-6-11(17)14-13(9)10(16)7-12(18-14)8-3-1-2-4-8/h5-8H,1-4H2. The fraction of sp³-hybridized carbons (Fsp3) is 0.357. The van der Waals surface area contributed by atoms with Gasteiger partial charge < -0.3 is 0 Å². The fourth-order valence-corrected chi connectivity index (χ4v) is 3.62. The van der Waals surface area contributed by atoms with Crippen molar-refractivity contribution in [1.82, 2.24) is 4.98 Å². The summed E-state index contributed by atoms with van der Waals surface area (Å²) in [5.74, 6) is 0.125. The Bertz CT molecular complexity index is 608. The van der Waals surface area contributed by atoms with Gasteiger partial charge in [-0.2, -0.15) is 0 Å². The number of rotatable bonds is 1. The minimum absolute atomic E-state index is 0.310. The Morgan fingerprint density at radius 3 is 2.72 bits per heavy atom. The Morgan fingerprint density at radius 1 is 1.28 bits per heavy atom. The average molecular weight is 329 g/mol. The molecular formula is C14H12BrClFN. The minimum Gasteiger partial charge on any atom is -0.249 e. The average Bonchev–Trinajstić information content (AvgIpc) is 2.87. The topological polar surface area (TPSA) is 12.9 Å². The number of benzene rings is 1. The maximum Gasteiger partial charge on any atom is 0.149 e. The Morgan fingerprint density at radius 2 is 2.00 bits per heavy atom. The van der Waals surface area contributed by atoms with Crippen LogP contribution in [0.15, 0.2) is 22.7 Å². The molecule has 1 saturated carbocycles. The molecule has 0 radical (unpaired) electrons. The zero-order valence-electron chi connectivity index (χ0n) is 9.72. The van der Waals surface area contributed by atoms with E-state index in [9.17, 15) is 4.39 Å². The summed E-state index contributed by atoms with van der Waals surface area (Å²) in [6, 6.07) is 4.98. The molecule has 2 aromatic rings. The third-order valence-corrected chi connectivity index (χ3v) is 4.56. The predicted molar refractivity (Wildman–Crippen MR) is 75.6 cm³/mol. The summed E-state index contributed by atoms with van der Waals surface area (Å²) in [5.41, 5.74) is 1.31. The number of fused-ring (bicyclic) bond motifs is 1. The molecule has 0 spiro atoms. The number of nitrogens with zero attached hydrogens (tertiary/aromatic N) is 1. The molecule has 4 heteroatoms. The smallest absolute Gasteiger partial charge is 0.149 e. The highest BCUT2D eigenvalue weighted by Crippen LogP contribution is 2.38. The zero-order valence-corrected chi connectivity index (χ0v) is 12.1. The van der Waals surface area contributed by atoms with Crippen LogP contribution in [0.4, 0.5) is 4.39 Å². The lowest BCUT2D eigenvalue weighted by Gasteiger charge is -2.12. The van der Waals surface area contributed by atoms with Crippen molar-refractivity contribution in [2.45, 2.75) is 31.6 Å². The van der Waals surface area contributed by atoms with Crippen LogP contribution < -0.4 is 0 Å². The van der Waals surface area contributed by atoms with E-state index in [-0.39, 0.29) is 5.82 Å². The second-order valence-corrected chi connectivity index (χ2v) is 6.02. The van der Waals surface area contributed by atoms with Crippen LogP contribution >= 0.6 is 27.5 Å². The Kier molecular flexibility index (Phi) is 3.29. The number of hydrogen-bond donors (Lipinski definition) is 0. The molecule has 1 aromatic carbocycles. The number of hydrogen-bond acceptors (Lipinski definition) is 1. The normalized spacial score (nSPS) is 16.6. The Labute approximate surface area is 118 Å².